The Hall–Kier alpha value is -3.79. The van der Waals surface area contributed by atoms with Crippen molar-refractivity contribution in [2.45, 2.75) is 4.90 Å². The van der Waals surface area contributed by atoms with Crippen molar-refractivity contribution in [1.29, 1.82) is 0 Å². The summed E-state index contributed by atoms with van der Waals surface area (Å²) >= 11 is 0. The molecule has 1 aliphatic rings. The summed E-state index contributed by atoms with van der Waals surface area (Å²) in [7, 11) is -3.77. The second-order valence-electron chi connectivity index (χ2n) is 6.11. The number of fused-ring (bicyclic) bond motifs is 4. The third-order valence-corrected chi connectivity index (χ3v) is 5.64. The molecule has 2 aromatic carbocycles. The van der Waals surface area contributed by atoms with Crippen LogP contribution in [0.15, 0.2) is 65.7 Å². The fraction of sp³-hybridized carbons (Fsp3) is 0. The predicted octanol–water partition coefficient (Wildman–Crippen LogP) is 2.18. The lowest BCUT2D eigenvalue weighted by molar-refractivity contribution is 0.101. The van der Waals surface area contributed by atoms with Gasteiger partial charge in [-0.25, -0.2) is 13.1 Å². The molecule has 3 heterocycles. The van der Waals surface area contributed by atoms with Gasteiger partial charge in [0.25, 0.3) is 15.9 Å². The summed E-state index contributed by atoms with van der Waals surface area (Å²) in [5, 5.41) is 7.72. The maximum absolute atomic E-state index is 12.6. The summed E-state index contributed by atoms with van der Waals surface area (Å²) in [6.07, 6.45) is 1.54. The Morgan fingerprint density at radius 3 is 2.75 bits per heavy atom. The van der Waals surface area contributed by atoms with E-state index in [1.807, 2.05) is 24.3 Å². The van der Waals surface area contributed by atoms with Gasteiger partial charge in [0.05, 0.1) is 23.1 Å². The number of benzene rings is 2. The lowest BCUT2D eigenvalue weighted by Gasteiger charge is -2.17. The zero-order valence-electron chi connectivity index (χ0n) is 14.2. The van der Waals surface area contributed by atoms with E-state index in [-0.39, 0.29) is 16.7 Å². The van der Waals surface area contributed by atoms with Gasteiger partial charge in [0.1, 0.15) is 4.90 Å². The van der Waals surface area contributed by atoms with Crippen LogP contribution in [0, 0.1) is 0 Å². The standard InChI is InChI=1S/C18H12N6O3S/c25-17(20-12-9-11-5-1-2-6-13(11)19-10-12)16-21-18-23-28(26,27)15-8-4-3-7-14(15)24(18)22-16/h1-10H,(H,20,25)(H,21,22,23). The number of amides is 1. The number of pyridine rings is 1. The van der Waals surface area contributed by atoms with Crippen LogP contribution in [0.1, 0.15) is 10.6 Å². The Bertz CT molecular complexity index is 1360. The van der Waals surface area contributed by atoms with Gasteiger partial charge in [-0.15, -0.1) is 5.10 Å². The van der Waals surface area contributed by atoms with E-state index in [0.717, 1.165) is 10.9 Å². The van der Waals surface area contributed by atoms with Crippen LogP contribution in [-0.4, -0.2) is 34.1 Å². The van der Waals surface area contributed by atoms with Crippen molar-refractivity contribution < 1.29 is 13.2 Å². The highest BCUT2D eigenvalue weighted by atomic mass is 32.2. The van der Waals surface area contributed by atoms with E-state index in [0.29, 0.717) is 11.4 Å². The minimum Gasteiger partial charge on any atom is -0.318 e. The van der Waals surface area contributed by atoms with E-state index in [1.165, 1.54) is 16.9 Å². The molecule has 0 unspecified atom stereocenters. The van der Waals surface area contributed by atoms with Gasteiger partial charge in [0.2, 0.25) is 11.8 Å². The molecule has 138 valence electrons. The number of nitrogens with zero attached hydrogens (tertiary/aromatic N) is 4. The summed E-state index contributed by atoms with van der Waals surface area (Å²) in [5.41, 5.74) is 1.62. The average molecular weight is 392 g/mol. The molecule has 0 bridgehead atoms. The van der Waals surface area contributed by atoms with Crippen LogP contribution in [0.25, 0.3) is 16.6 Å². The van der Waals surface area contributed by atoms with Crippen LogP contribution >= 0.6 is 0 Å². The van der Waals surface area contributed by atoms with E-state index in [2.05, 4.69) is 25.1 Å². The summed E-state index contributed by atoms with van der Waals surface area (Å²) < 4.78 is 28.3. The molecule has 10 heteroatoms. The van der Waals surface area contributed by atoms with E-state index >= 15 is 0 Å². The van der Waals surface area contributed by atoms with E-state index < -0.39 is 15.9 Å². The molecular formula is C18H12N6O3S. The maximum atomic E-state index is 12.6. The van der Waals surface area contributed by atoms with Crippen molar-refractivity contribution in [2.24, 2.45) is 0 Å². The molecule has 1 amide bonds. The SMILES string of the molecule is O=C(Nc1cnc2ccccc2c1)c1nc2n(n1)-c1ccccc1S(=O)(=O)N2. The number of rotatable bonds is 2. The van der Waals surface area contributed by atoms with Crippen molar-refractivity contribution in [3.8, 4) is 5.69 Å². The molecule has 9 nitrogen and oxygen atoms in total. The first-order chi connectivity index (χ1) is 13.5. The molecule has 2 N–H and O–H groups in total. The Labute approximate surface area is 159 Å². The molecule has 28 heavy (non-hydrogen) atoms. The van der Waals surface area contributed by atoms with E-state index in [9.17, 15) is 13.2 Å². The van der Waals surface area contributed by atoms with Crippen LogP contribution in [0.5, 0.6) is 0 Å². The van der Waals surface area contributed by atoms with Crippen LogP contribution in [0.4, 0.5) is 11.6 Å². The lowest BCUT2D eigenvalue weighted by atomic mass is 10.2. The number of para-hydroxylation sites is 2. The molecule has 0 aliphatic carbocycles. The molecule has 1 aliphatic heterocycles. The molecule has 0 atom stereocenters. The van der Waals surface area contributed by atoms with Crippen molar-refractivity contribution in [1.82, 2.24) is 19.7 Å². The summed E-state index contributed by atoms with van der Waals surface area (Å²) in [4.78, 5) is 21.0. The Kier molecular flexibility index (Phi) is 3.43. The third-order valence-electron chi connectivity index (χ3n) is 4.27. The number of carbonyl (C=O) groups excluding carboxylic acids is 1. The smallest absolute Gasteiger partial charge is 0.295 e. The molecular weight excluding hydrogens is 380 g/mol. The number of sulfonamides is 1. The fourth-order valence-electron chi connectivity index (χ4n) is 3.00. The zero-order valence-corrected chi connectivity index (χ0v) is 15.0. The first-order valence-electron chi connectivity index (χ1n) is 8.27. The van der Waals surface area contributed by atoms with Gasteiger partial charge >= 0.3 is 0 Å². The molecule has 2 aromatic heterocycles. The molecule has 0 radical (unpaired) electrons. The first-order valence-corrected chi connectivity index (χ1v) is 9.75. The summed E-state index contributed by atoms with van der Waals surface area (Å²) in [6.45, 7) is 0. The monoisotopic (exact) mass is 392 g/mol. The molecule has 0 spiro atoms. The fourth-order valence-corrected chi connectivity index (χ4v) is 4.17. The lowest BCUT2D eigenvalue weighted by Crippen LogP contribution is -2.23. The van der Waals surface area contributed by atoms with Crippen molar-refractivity contribution >= 4 is 38.5 Å². The highest BCUT2D eigenvalue weighted by Crippen LogP contribution is 2.29. The molecule has 0 fully saturated rings. The van der Waals surface area contributed by atoms with Gasteiger partial charge in [0, 0.05) is 5.39 Å². The van der Waals surface area contributed by atoms with Gasteiger partial charge in [-0.05, 0) is 24.3 Å². The number of hydrogen-bond acceptors (Lipinski definition) is 6. The molecule has 0 saturated heterocycles. The second-order valence-corrected chi connectivity index (χ2v) is 7.77. The Morgan fingerprint density at radius 1 is 1.07 bits per heavy atom. The number of nitrogens with one attached hydrogen (secondary N) is 2. The largest absolute Gasteiger partial charge is 0.318 e. The second kappa shape index (κ2) is 5.86. The van der Waals surface area contributed by atoms with E-state index in [1.54, 1.807) is 24.3 Å². The minimum atomic E-state index is -3.77. The molecule has 4 aromatic rings. The van der Waals surface area contributed by atoms with Crippen LogP contribution in [0.3, 0.4) is 0 Å². The number of carbonyl (C=O) groups is 1. The Balaban J connectivity index is 1.50. The number of anilines is 2. The molecule has 0 saturated carbocycles. The molecule has 5 rings (SSSR count). The topological polar surface area (TPSA) is 119 Å². The summed E-state index contributed by atoms with van der Waals surface area (Å²) in [6, 6.07) is 15.7. The number of aromatic nitrogens is 4. The first kappa shape index (κ1) is 16.4. The van der Waals surface area contributed by atoms with Crippen LogP contribution in [-0.2, 0) is 10.0 Å². The zero-order chi connectivity index (χ0) is 19.3. The highest BCUT2D eigenvalue weighted by Gasteiger charge is 2.30. The van der Waals surface area contributed by atoms with Crippen molar-refractivity contribution in [3.63, 3.8) is 0 Å². The van der Waals surface area contributed by atoms with Crippen molar-refractivity contribution in [3.05, 3.63) is 66.6 Å². The van der Waals surface area contributed by atoms with Gasteiger partial charge < -0.3 is 5.32 Å². The van der Waals surface area contributed by atoms with Gasteiger partial charge in [-0.3, -0.25) is 9.78 Å². The Morgan fingerprint density at radius 2 is 1.86 bits per heavy atom. The summed E-state index contributed by atoms with van der Waals surface area (Å²) in [5.74, 6) is -0.779. The number of hydrogen-bond donors (Lipinski definition) is 2. The van der Waals surface area contributed by atoms with Gasteiger partial charge in [-0.2, -0.15) is 9.67 Å². The predicted molar refractivity (Wildman–Crippen MR) is 102 cm³/mol. The highest BCUT2D eigenvalue weighted by molar-refractivity contribution is 7.92. The average Bonchev–Trinajstić information content (AvgIpc) is 3.11. The van der Waals surface area contributed by atoms with Crippen molar-refractivity contribution in [2.75, 3.05) is 10.0 Å². The normalized spacial score (nSPS) is 14.0. The van der Waals surface area contributed by atoms with Crippen LogP contribution in [0.2, 0.25) is 0 Å². The van der Waals surface area contributed by atoms with E-state index in [4.69, 9.17) is 0 Å². The van der Waals surface area contributed by atoms with Gasteiger partial charge in [0.15, 0.2) is 0 Å². The quantitative estimate of drug-likeness (QED) is 0.540. The maximum Gasteiger partial charge on any atom is 0.295 e. The van der Waals surface area contributed by atoms with Crippen LogP contribution < -0.4 is 10.0 Å². The van der Waals surface area contributed by atoms with Gasteiger partial charge in [-0.1, -0.05) is 30.3 Å². The minimum absolute atomic E-state index is 0.0412. The third kappa shape index (κ3) is 2.58.